The molecule has 0 fully saturated rings. The van der Waals surface area contributed by atoms with Crippen molar-refractivity contribution in [2.45, 2.75) is 13.5 Å². The van der Waals surface area contributed by atoms with Crippen LogP contribution < -0.4 is 5.32 Å². The predicted octanol–water partition coefficient (Wildman–Crippen LogP) is 0.659. The minimum atomic E-state index is -0.0000118. The van der Waals surface area contributed by atoms with Crippen molar-refractivity contribution in [3.05, 3.63) is 23.5 Å². The molecule has 2 aromatic heterocycles. The number of aromatic nitrogens is 3. The number of nitrogens with one attached hydrogen (secondary N) is 2. The van der Waals surface area contributed by atoms with Crippen LogP contribution in [0.2, 0.25) is 0 Å². The zero-order valence-electron chi connectivity index (χ0n) is 8.70. The first kappa shape index (κ1) is 9.29. The van der Waals surface area contributed by atoms with E-state index in [1.54, 1.807) is 13.1 Å². The third kappa shape index (κ3) is 1.35. The lowest BCUT2D eigenvalue weighted by Gasteiger charge is -2.08. The first-order valence-electron chi connectivity index (χ1n) is 4.99. The molecule has 82 valence electrons. The predicted molar refractivity (Wildman–Crippen MR) is 54.9 cm³/mol. The molecule has 0 unspecified atom stereocenters. The first-order valence-corrected chi connectivity index (χ1v) is 4.99. The highest BCUT2D eigenvalue weighted by molar-refractivity contribution is 5.98. The minimum absolute atomic E-state index is 0.0000118. The smallest absolute Gasteiger partial charge is 0.196 e. The maximum atomic E-state index is 11.5. The van der Waals surface area contributed by atoms with Gasteiger partial charge in [0.2, 0.25) is 0 Å². The summed E-state index contributed by atoms with van der Waals surface area (Å²) in [5, 5.41) is 2.99. The molecule has 0 aliphatic carbocycles. The Morgan fingerprint density at radius 3 is 3.00 bits per heavy atom. The summed E-state index contributed by atoms with van der Waals surface area (Å²) in [4.78, 5) is 22.8. The van der Waals surface area contributed by atoms with Crippen molar-refractivity contribution in [2.75, 3.05) is 6.54 Å². The summed E-state index contributed by atoms with van der Waals surface area (Å²) in [6.07, 6.45) is 1.59. The number of aromatic amines is 1. The molecule has 16 heavy (non-hydrogen) atoms. The number of ketones is 1. The number of hydrogen-bond acceptors (Lipinski definition) is 5. The summed E-state index contributed by atoms with van der Waals surface area (Å²) >= 11 is 0. The third-order valence-corrected chi connectivity index (χ3v) is 2.48. The second-order valence-electron chi connectivity index (χ2n) is 3.68. The number of H-pyrrole nitrogens is 1. The van der Waals surface area contributed by atoms with Gasteiger partial charge in [0.05, 0.1) is 18.4 Å². The van der Waals surface area contributed by atoms with E-state index in [1.807, 2.05) is 0 Å². The second kappa shape index (κ2) is 3.28. The Morgan fingerprint density at radius 1 is 1.44 bits per heavy atom. The summed E-state index contributed by atoms with van der Waals surface area (Å²) in [6, 6.07) is 0. The zero-order chi connectivity index (χ0) is 11.1. The molecule has 0 spiro atoms. The van der Waals surface area contributed by atoms with Crippen LogP contribution in [0.15, 0.2) is 10.6 Å². The van der Waals surface area contributed by atoms with Crippen molar-refractivity contribution in [3.63, 3.8) is 0 Å². The van der Waals surface area contributed by atoms with Gasteiger partial charge in [-0.15, -0.1) is 0 Å². The number of Topliss-reactive ketones (excluding diaryl/α,β-unsaturated/α-hetero) is 1. The van der Waals surface area contributed by atoms with Gasteiger partial charge in [-0.2, -0.15) is 0 Å². The standard InChI is InChI=1S/C10H10N4O2/c1-5-12-4-8(16-5)10-13-6-2-11-3-7(15)9(6)14-10/h4,11H,2-3H2,1H3,(H,13,14). The van der Waals surface area contributed by atoms with E-state index in [0.29, 0.717) is 36.3 Å². The molecule has 0 saturated carbocycles. The van der Waals surface area contributed by atoms with E-state index in [0.717, 1.165) is 5.69 Å². The molecule has 1 aliphatic heterocycles. The van der Waals surface area contributed by atoms with Gasteiger partial charge >= 0.3 is 0 Å². The molecule has 2 N–H and O–H groups in total. The van der Waals surface area contributed by atoms with E-state index in [1.165, 1.54) is 0 Å². The summed E-state index contributed by atoms with van der Waals surface area (Å²) in [5.74, 6) is 1.69. The third-order valence-electron chi connectivity index (χ3n) is 2.48. The molecule has 0 saturated heterocycles. The fourth-order valence-corrected chi connectivity index (χ4v) is 1.74. The number of rotatable bonds is 1. The van der Waals surface area contributed by atoms with Crippen molar-refractivity contribution < 1.29 is 9.21 Å². The highest BCUT2D eigenvalue weighted by Crippen LogP contribution is 2.20. The van der Waals surface area contributed by atoms with Crippen LogP contribution in [-0.2, 0) is 6.54 Å². The monoisotopic (exact) mass is 218 g/mol. The van der Waals surface area contributed by atoms with Crippen molar-refractivity contribution in [2.24, 2.45) is 0 Å². The molecule has 0 amide bonds. The summed E-state index contributed by atoms with van der Waals surface area (Å²) in [6.45, 7) is 2.73. The number of nitrogens with zero attached hydrogens (tertiary/aromatic N) is 2. The van der Waals surface area contributed by atoms with Crippen molar-refractivity contribution in [1.82, 2.24) is 20.3 Å². The van der Waals surface area contributed by atoms with Gasteiger partial charge in [-0.3, -0.25) is 4.79 Å². The van der Waals surface area contributed by atoms with E-state index in [-0.39, 0.29) is 5.78 Å². The van der Waals surface area contributed by atoms with Crippen molar-refractivity contribution in [1.29, 1.82) is 0 Å². The number of carbonyl (C=O) groups is 1. The SMILES string of the molecule is Cc1ncc(-c2nc3c([nH]2)CNCC3=O)o1. The van der Waals surface area contributed by atoms with E-state index in [4.69, 9.17) is 4.42 Å². The van der Waals surface area contributed by atoms with Gasteiger partial charge in [0, 0.05) is 13.5 Å². The minimum Gasteiger partial charge on any atom is -0.438 e. The Morgan fingerprint density at radius 2 is 2.31 bits per heavy atom. The van der Waals surface area contributed by atoms with Crippen LogP contribution in [-0.4, -0.2) is 27.3 Å². The van der Waals surface area contributed by atoms with Gasteiger partial charge in [0.15, 0.2) is 23.3 Å². The number of carbonyl (C=O) groups excluding carboxylic acids is 1. The lowest BCUT2D eigenvalue weighted by atomic mass is 10.2. The molecule has 0 radical (unpaired) electrons. The van der Waals surface area contributed by atoms with Gasteiger partial charge in [-0.25, -0.2) is 9.97 Å². The fourth-order valence-electron chi connectivity index (χ4n) is 1.74. The Balaban J connectivity index is 2.07. The molecule has 6 heteroatoms. The Hall–Kier alpha value is -1.95. The zero-order valence-corrected chi connectivity index (χ0v) is 8.70. The number of imidazole rings is 1. The average molecular weight is 218 g/mol. The largest absolute Gasteiger partial charge is 0.438 e. The van der Waals surface area contributed by atoms with Crippen LogP contribution in [0.4, 0.5) is 0 Å². The molecular weight excluding hydrogens is 208 g/mol. The number of oxazole rings is 1. The van der Waals surface area contributed by atoms with Crippen LogP contribution in [0, 0.1) is 6.92 Å². The lowest BCUT2D eigenvalue weighted by Crippen LogP contribution is -2.29. The molecule has 2 aromatic rings. The molecule has 0 aromatic carbocycles. The van der Waals surface area contributed by atoms with Gasteiger partial charge in [0.1, 0.15) is 5.69 Å². The second-order valence-corrected chi connectivity index (χ2v) is 3.68. The van der Waals surface area contributed by atoms with Gasteiger partial charge in [-0.1, -0.05) is 0 Å². The van der Waals surface area contributed by atoms with Crippen LogP contribution in [0.25, 0.3) is 11.6 Å². The van der Waals surface area contributed by atoms with Crippen LogP contribution in [0.1, 0.15) is 22.1 Å². The summed E-state index contributed by atoms with van der Waals surface area (Å²) in [7, 11) is 0. The Kier molecular flexibility index (Phi) is 1.90. The highest BCUT2D eigenvalue weighted by atomic mass is 16.4. The van der Waals surface area contributed by atoms with Gasteiger partial charge in [0.25, 0.3) is 0 Å². The maximum absolute atomic E-state index is 11.5. The van der Waals surface area contributed by atoms with E-state index >= 15 is 0 Å². The maximum Gasteiger partial charge on any atom is 0.196 e. The molecular formula is C10H10N4O2. The first-order chi connectivity index (χ1) is 7.74. The van der Waals surface area contributed by atoms with Crippen molar-refractivity contribution in [3.8, 4) is 11.6 Å². The summed E-state index contributed by atoms with van der Waals surface area (Å²) < 4.78 is 5.35. The Labute approximate surface area is 91.1 Å². The molecule has 0 bridgehead atoms. The molecule has 1 aliphatic rings. The molecule has 3 rings (SSSR count). The van der Waals surface area contributed by atoms with E-state index < -0.39 is 0 Å². The molecule has 0 atom stereocenters. The van der Waals surface area contributed by atoms with Gasteiger partial charge in [-0.05, 0) is 0 Å². The Bertz CT molecular complexity index is 555. The number of hydrogen-bond donors (Lipinski definition) is 2. The topological polar surface area (TPSA) is 83.8 Å². The summed E-state index contributed by atoms with van der Waals surface area (Å²) in [5.41, 5.74) is 1.31. The molecule has 6 nitrogen and oxygen atoms in total. The number of fused-ring (bicyclic) bond motifs is 1. The highest BCUT2D eigenvalue weighted by Gasteiger charge is 2.22. The average Bonchev–Trinajstić information content (AvgIpc) is 2.84. The van der Waals surface area contributed by atoms with Crippen LogP contribution in [0.5, 0.6) is 0 Å². The van der Waals surface area contributed by atoms with Gasteiger partial charge < -0.3 is 14.7 Å². The molecule has 3 heterocycles. The van der Waals surface area contributed by atoms with Crippen LogP contribution in [0.3, 0.4) is 0 Å². The normalized spacial score (nSPS) is 15.2. The van der Waals surface area contributed by atoms with E-state index in [2.05, 4.69) is 20.3 Å². The fraction of sp³-hybridized carbons (Fsp3) is 0.300. The van der Waals surface area contributed by atoms with E-state index in [9.17, 15) is 4.79 Å². The quantitative estimate of drug-likeness (QED) is 0.734. The van der Waals surface area contributed by atoms with Crippen molar-refractivity contribution >= 4 is 5.78 Å². The van der Waals surface area contributed by atoms with Crippen LogP contribution >= 0.6 is 0 Å². The lowest BCUT2D eigenvalue weighted by molar-refractivity contribution is 0.0977. The number of aryl methyl sites for hydroxylation is 1.